The molecule has 0 aliphatic heterocycles. The van der Waals surface area contributed by atoms with Crippen molar-refractivity contribution in [1.82, 2.24) is 24.8 Å². The van der Waals surface area contributed by atoms with Gasteiger partial charge in [-0.25, -0.2) is 9.37 Å². The Kier molecular flexibility index (Phi) is 7.79. The van der Waals surface area contributed by atoms with Gasteiger partial charge in [-0.05, 0) is 50.8 Å². The Morgan fingerprint density at radius 3 is 2.70 bits per heavy atom. The number of anilines is 2. The average Bonchev–Trinajstić information content (AvgIpc) is 3.15. The van der Waals surface area contributed by atoms with Gasteiger partial charge in [-0.15, -0.1) is 0 Å². The number of imidazole rings is 1. The third-order valence-electron chi connectivity index (χ3n) is 5.47. The number of unbranched alkanes of at least 4 members (excludes halogenated alkanes) is 2. The van der Waals surface area contributed by atoms with Crippen LogP contribution in [0.3, 0.4) is 0 Å². The van der Waals surface area contributed by atoms with Crippen molar-refractivity contribution in [3.8, 4) is 0 Å². The fourth-order valence-corrected chi connectivity index (χ4v) is 3.91. The van der Waals surface area contributed by atoms with Crippen LogP contribution in [0.15, 0.2) is 36.8 Å². The smallest absolute Gasteiger partial charge is 0.228 e. The van der Waals surface area contributed by atoms with Crippen molar-refractivity contribution >= 4 is 34.5 Å². The van der Waals surface area contributed by atoms with Crippen molar-refractivity contribution in [2.45, 2.75) is 58.3 Å². The minimum absolute atomic E-state index is 0.396. The predicted octanol–water partition coefficient (Wildman–Crippen LogP) is 5.20. The quantitative estimate of drug-likeness (QED) is 0.372. The van der Waals surface area contributed by atoms with E-state index >= 15 is 0 Å². The highest BCUT2D eigenvalue weighted by Crippen LogP contribution is 2.31. The number of nitrogens with one attached hydrogen (secondary N) is 1. The summed E-state index contributed by atoms with van der Waals surface area (Å²) in [6, 6.07) is 5.47. The van der Waals surface area contributed by atoms with Crippen molar-refractivity contribution in [3.63, 3.8) is 0 Å². The molecule has 1 aromatic carbocycles. The Morgan fingerprint density at radius 2 is 2.00 bits per heavy atom. The summed E-state index contributed by atoms with van der Waals surface area (Å²) in [6.45, 7) is 8.55. The summed E-state index contributed by atoms with van der Waals surface area (Å²) >= 11 is 6.14. The summed E-state index contributed by atoms with van der Waals surface area (Å²) in [5, 5.41) is 3.79. The number of nitrogens with two attached hydrogens (primary N) is 1. The number of hydrogen-bond donors (Lipinski definition) is 2. The molecule has 0 aliphatic carbocycles. The molecule has 0 radical (unpaired) electrons. The number of benzene rings is 1. The van der Waals surface area contributed by atoms with Crippen LogP contribution in [0.1, 0.15) is 50.7 Å². The molecule has 0 aliphatic rings. The van der Waals surface area contributed by atoms with E-state index in [2.05, 4.69) is 26.8 Å². The summed E-state index contributed by atoms with van der Waals surface area (Å²) in [6.07, 6.45) is 5.70. The second-order valence-electron chi connectivity index (χ2n) is 8.97. The third kappa shape index (κ3) is 6.35. The van der Waals surface area contributed by atoms with Crippen LogP contribution >= 0.6 is 11.6 Å². The van der Waals surface area contributed by atoms with E-state index in [0.717, 1.165) is 49.1 Å². The zero-order valence-electron chi connectivity index (χ0n) is 19.8. The Labute approximate surface area is 199 Å². The molecule has 0 fully saturated rings. The maximum absolute atomic E-state index is 14.3. The number of nitrogen functional groups attached to an aromatic ring is 1. The molecule has 9 heteroatoms. The standard InChI is InChI=1S/C24H33ClFN7/c1-16(28-14-17-10-11-19(25)18(13-17)24(2,3)26)9-7-6-8-12-33-15-29-20-21(27)30-23(32(4)5)31-22(20)33/h10-11,13,15,28H,1,6-9,12,14H2,2-5H3,(H2,27,30,31). The predicted molar refractivity (Wildman–Crippen MR) is 134 cm³/mol. The van der Waals surface area contributed by atoms with Gasteiger partial charge in [0.1, 0.15) is 11.2 Å². The van der Waals surface area contributed by atoms with Crippen LogP contribution in [0.5, 0.6) is 0 Å². The Bertz CT molecular complexity index is 1120. The van der Waals surface area contributed by atoms with Gasteiger partial charge in [0.2, 0.25) is 5.95 Å². The van der Waals surface area contributed by atoms with Crippen LogP contribution in [0.25, 0.3) is 11.2 Å². The highest BCUT2D eigenvalue weighted by Gasteiger charge is 2.22. The Morgan fingerprint density at radius 1 is 1.24 bits per heavy atom. The normalized spacial score (nSPS) is 11.7. The zero-order valence-corrected chi connectivity index (χ0v) is 20.6. The average molecular weight is 474 g/mol. The lowest BCUT2D eigenvalue weighted by Gasteiger charge is -2.18. The third-order valence-corrected chi connectivity index (χ3v) is 5.80. The van der Waals surface area contributed by atoms with Crippen molar-refractivity contribution in [1.29, 1.82) is 0 Å². The molecule has 0 bridgehead atoms. The minimum atomic E-state index is -1.48. The van der Waals surface area contributed by atoms with E-state index in [1.807, 2.05) is 35.7 Å². The molecule has 0 atom stereocenters. The summed E-state index contributed by atoms with van der Waals surface area (Å²) < 4.78 is 16.3. The van der Waals surface area contributed by atoms with Gasteiger partial charge < -0.3 is 20.5 Å². The van der Waals surface area contributed by atoms with Crippen LogP contribution in [0.2, 0.25) is 5.02 Å². The largest absolute Gasteiger partial charge is 0.385 e. The molecule has 0 saturated heterocycles. The summed E-state index contributed by atoms with van der Waals surface area (Å²) in [5.74, 6) is 0.972. The van der Waals surface area contributed by atoms with E-state index in [1.165, 1.54) is 13.8 Å². The second-order valence-corrected chi connectivity index (χ2v) is 9.38. The summed E-state index contributed by atoms with van der Waals surface area (Å²) in [4.78, 5) is 15.1. The van der Waals surface area contributed by atoms with Gasteiger partial charge in [0.05, 0.1) is 6.33 Å². The second kappa shape index (κ2) is 10.4. The van der Waals surface area contributed by atoms with Crippen LogP contribution in [0.4, 0.5) is 16.2 Å². The van der Waals surface area contributed by atoms with E-state index in [9.17, 15) is 4.39 Å². The molecule has 0 amide bonds. The molecule has 3 N–H and O–H groups in total. The topological polar surface area (TPSA) is 84.9 Å². The highest BCUT2D eigenvalue weighted by atomic mass is 35.5. The first kappa shape index (κ1) is 24.8. The summed E-state index contributed by atoms with van der Waals surface area (Å²) in [7, 11) is 3.77. The van der Waals surface area contributed by atoms with Gasteiger partial charge >= 0.3 is 0 Å². The molecule has 0 unspecified atom stereocenters. The maximum atomic E-state index is 14.3. The lowest BCUT2D eigenvalue weighted by molar-refractivity contribution is 0.221. The van der Waals surface area contributed by atoms with Gasteiger partial charge in [0, 0.05) is 43.5 Å². The molecule has 7 nitrogen and oxygen atoms in total. The first-order valence-corrected chi connectivity index (χ1v) is 11.5. The Balaban J connectivity index is 1.44. The molecule has 0 saturated carbocycles. The molecule has 3 aromatic rings. The van der Waals surface area contributed by atoms with E-state index in [-0.39, 0.29) is 0 Å². The molecule has 33 heavy (non-hydrogen) atoms. The molecule has 0 spiro atoms. The molecular weight excluding hydrogens is 441 g/mol. The molecule has 2 aromatic heterocycles. The molecule has 178 valence electrons. The molecule has 3 rings (SSSR count). The van der Waals surface area contributed by atoms with Crippen LogP contribution in [-0.4, -0.2) is 33.6 Å². The van der Waals surface area contributed by atoms with Crippen molar-refractivity contribution in [2.24, 2.45) is 0 Å². The van der Waals surface area contributed by atoms with Gasteiger partial charge in [0.25, 0.3) is 0 Å². The van der Waals surface area contributed by atoms with Crippen molar-refractivity contribution in [2.75, 3.05) is 24.7 Å². The fraction of sp³-hybridized carbons (Fsp3) is 0.458. The Hall–Kier alpha value is -2.87. The van der Waals surface area contributed by atoms with E-state index < -0.39 is 5.67 Å². The highest BCUT2D eigenvalue weighted by molar-refractivity contribution is 6.31. The number of allylic oxidation sites excluding steroid dienone is 1. The first-order valence-electron chi connectivity index (χ1n) is 11.1. The lowest BCUT2D eigenvalue weighted by Crippen LogP contribution is -2.14. The van der Waals surface area contributed by atoms with E-state index in [1.54, 1.807) is 12.4 Å². The molecule has 2 heterocycles. The van der Waals surface area contributed by atoms with Crippen molar-refractivity contribution < 1.29 is 4.39 Å². The fourth-order valence-electron chi connectivity index (χ4n) is 3.57. The summed E-state index contributed by atoms with van der Waals surface area (Å²) in [5.41, 5.74) is 8.40. The SMILES string of the molecule is C=C(CCCCCn1cnc2c(N)nc(N(C)C)nc21)NCc1ccc(Cl)c(C(C)(C)F)c1. The van der Waals surface area contributed by atoms with E-state index in [0.29, 0.717) is 34.4 Å². The monoisotopic (exact) mass is 473 g/mol. The van der Waals surface area contributed by atoms with Crippen LogP contribution in [0, 0.1) is 0 Å². The zero-order chi connectivity index (χ0) is 24.2. The van der Waals surface area contributed by atoms with E-state index in [4.69, 9.17) is 17.3 Å². The van der Waals surface area contributed by atoms with Gasteiger partial charge in [-0.1, -0.05) is 30.7 Å². The number of hydrogen-bond acceptors (Lipinski definition) is 6. The number of nitrogens with zero attached hydrogens (tertiary/aromatic N) is 5. The number of fused-ring (bicyclic) bond motifs is 1. The maximum Gasteiger partial charge on any atom is 0.228 e. The number of alkyl halides is 1. The van der Waals surface area contributed by atoms with Crippen molar-refractivity contribution in [3.05, 3.63) is 53.0 Å². The van der Waals surface area contributed by atoms with Crippen LogP contribution in [-0.2, 0) is 18.8 Å². The van der Waals surface area contributed by atoms with Gasteiger partial charge in [-0.3, -0.25) is 0 Å². The first-order chi connectivity index (χ1) is 15.6. The number of aromatic nitrogens is 4. The minimum Gasteiger partial charge on any atom is -0.385 e. The molecular formula is C24H33ClFN7. The number of rotatable bonds is 11. The lowest BCUT2D eigenvalue weighted by atomic mass is 9.98. The number of halogens is 2. The van der Waals surface area contributed by atoms with Gasteiger partial charge in [0.15, 0.2) is 11.5 Å². The van der Waals surface area contributed by atoms with Gasteiger partial charge in [-0.2, -0.15) is 9.97 Å². The number of aryl methyl sites for hydroxylation is 1. The van der Waals surface area contributed by atoms with Crippen LogP contribution < -0.4 is 16.0 Å².